The van der Waals surface area contributed by atoms with Crippen LogP contribution in [0.2, 0.25) is 0 Å². The van der Waals surface area contributed by atoms with Crippen molar-refractivity contribution in [1.29, 1.82) is 0 Å². The quantitative estimate of drug-likeness (QED) is 0.139. The molecule has 6 rings (SSSR count). The summed E-state index contributed by atoms with van der Waals surface area (Å²) >= 11 is 0. The van der Waals surface area contributed by atoms with Gasteiger partial charge in [0, 0.05) is 5.92 Å². The van der Waals surface area contributed by atoms with E-state index in [-0.39, 0.29) is 12.0 Å². The van der Waals surface area contributed by atoms with E-state index in [4.69, 9.17) is 18.9 Å². The van der Waals surface area contributed by atoms with E-state index in [0.717, 1.165) is 24.7 Å². The Labute approximate surface area is 274 Å². The van der Waals surface area contributed by atoms with Crippen LogP contribution in [0.15, 0.2) is 115 Å². The molecule has 246 valence electrons. The van der Waals surface area contributed by atoms with Gasteiger partial charge in [-0.2, -0.15) is 0 Å². The first-order valence-electron chi connectivity index (χ1n) is 16.9. The minimum absolute atomic E-state index is 0.230. The summed E-state index contributed by atoms with van der Waals surface area (Å²) in [4.78, 5) is 0. The van der Waals surface area contributed by atoms with Crippen LogP contribution in [0.25, 0.3) is 0 Å². The molecular formula is C41H58O4. The monoisotopic (exact) mass is 614 g/mol. The Morgan fingerprint density at radius 2 is 0.778 bits per heavy atom. The van der Waals surface area contributed by atoms with Crippen molar-refractivity contribution in [3.8, 4) is 11.5 Å². The average Bonchev–Trinajstić information content (AvgIpc) is 4.05. The summed E-state index contributed by atoms with van der Waals surface area (Å²) < 4.78 is 21.3. The number of epoxide rings is 2. The number of benzene rings is 4. The van der Waals surface area contributed by atoms with Crippen LogP contribution in [0.4, 0.5) is 0 Å². The van der Waals surface area contributed by atoms with E-state index in [2.05, 4.69) is 113 Å². The SMILES string of the molecule is CC.CC.CCC.CCC.c1ccc(C(c2ccccc2)c2ccc(OCC3CO3)cc2)cc1.c1ccc(OCC2CO2)cc1. The summed E-state index contributed by atoms with van der Waals surface area (Å²) in [6.45, 7) is 19.5. The lowest BCUT2D eigenvalue weighted by atomic mass is 9.85. The van der Waals surface area contributed by atoms with Crippen LogP contribution in [-0.4, -0.2) is 38.6 Å². The fraction of sp³-hybridized carbons (Fsp3) is 0.415. The van der Waals surface area contributed by atoms with Crippen molar-refractivity contribution in [3.63, 3.8) is 0 Å². The van der Waals surface area contributed by atoms with Crippen molar-refractivity contribution in [2.45, 2.75) is 86.4 Å². The molecule has 2 heterocycles. The molecule has 2 aliphatic rings. The Morgan fingerprint density at radius 3 is 1.11 bits per heavy atom. The van der Waals surface area contributed by atoms with E-state index in [9.17, 15) is 0 Å². The maximum absolute atomic E-state index is 5.75. The van der Waals surface area contributed by atoms with Crippen molar-refractivity contribution in [3.05, 3.63) is 132 Å². The Balaban J connectivity index is 0.000000401. The molecule has 4 heteroatoms. The highest BCUT2D eigenvalue weighted by Crippen LogP contribution is 2.32. The number of ether oxygens (including phenoxy) is 4. The molecule has 0 N–H and O–H groups in total. The summed E-state index contributed by atoms with van der Waals surface area (Å²) in [5.41, 5.74) is 3.86. The highest BCUT2D eigenvalue weighted by Gasteiger charge is 2.23. The largest absolute Gasteiger partial charge is 0.491 e. The highest BCUT2D eigenvalue weighted by molar-refractivity contribution is 5.44. The van der Waals surface area contributed by atoms with Crippen LogP contribution in [-0.2, 0) is 9.47 Å². The molecule has 0 saturated carbocycles. The highest BCUT2D eigenvalue weighted by atomic mass is 16.6. The van der Waals surface area contributed by atoms with E-state index >= 15 is 0 Å². The van der Waals surface area contributed by atoms with Crippen molar-refractivity contribution in [2.75, 3.05) is 26.4 Å². The molecule has 2 aliphatic heterocycles. The Bertz CT molecular complexity index is 1130. The number of para-hydroxylation sites is 1. The summed E-state index contributed by atoms with van der Waals surface area (Å²) in [6.07, 6.45) is 3.13. The van der Waals surface area contributed by atoms with Gasteiger partial charge in [-0.15, -0.1) is 0 Å². The maximum atomic E-state index is 5.75. The first kappa shape index (κ1) is 39.4. The van der Waals surface area contributed by atoms with Gasteiger partial charge in [0.2, 0.25) is 0 Å². The molecule has 4 aromatic carbocycles. The Morgan fingerprint density at radius 1 is 0.489 bits per heavy atom. The van der Waals surface area contributed by atoms with Crippen molar-refractivity contribution in [2.24, 2.45) is 0 Å². The molecule has 0 amide bonds. The topological polar surface area (TPSA) is 43.5 Å². The number of rotatable bonds is 9. The zero-order chi connectivity index (χ0) is 33.1. The van der Waals surface area contributed by atoms with Gasteiger partial charge in [-0.05, 0) is 41.0 Å². The van der Waals surface area contributed by atoms with Crippen LogP contribution in [0, 0.1) is 0 Å². The van der Waals surface area contributed by atoms with Crippen LogP contribution < -0.4 is 9.47 Å². The average molecular weight is 615 g/mol. The summed E-state index contributed by atoms with van der Waals surface area (Å²) in [5.74, 6) is 2.05. The standard InChI is InChI=1S/C22H20O2.C9H10O2.2C3H8.2C2H6/c1-3-7-17(8-4-1)22(18-9-5-2-6-10-18)19-11-13-20(14-12-19)23-15-21-16-24-21;1-2-4-8(5-3-1)10-6-9-7-11-9;2*1-3-2;2*1-2/h1-14,21-22H,15-16H2;1-5,9H,6-7H2;2*3H2,1-2H3;2*1-2H3. The van der Waals surface area contributed by atoms with Crippen molar-refractivity contribution in [1.82, 2.24) is 0 Å². The lowest BCUT2D eigenvalue weighted by molar-refractivity contribution is 0.263. The van der Waals surface area contributed by atoms with Gasteiger partial charge >= 0.3 is 0 Å². The van der Waals surface area contributed by atoms with Crippen LogP contribution in [0.1, 0.15) is 90.8 Å². The second kappa shape index (κ2) is 25.7. The minimum Gasteiger partial charge on any atom is -0.491 e. The second-order valence-electron chi connectivity index (χ2n) is 10.1. The van der Waals surface area contributed by atoms with Gasteiger partial charge in [0.15, 0.2) is 0 Å². The molecule has 0 bridgehead atoms. The normalized spacial score (nSPS) is 14.9. The van der Waals surface area contributed by atoms with E-state index in [1.165, 1.54) is 29.5 Å². The fourth-order valence-corrected chi connectivity index (χ4v) is 3.85. The summed E-state index contributed by atoms with van der Waals surface area (Å²) in [5, 5.41) is 0. The van der Waals surface area contributed by atoms with Crippen LogP contribution in [0.5, 0.6) is 11.5 Å². The van der Waals surface area contributed by atoms with Gasteiger partial charge in [-0.25, -0.2) is 0 Å². The number of hydrogen-bond donors (Lipinski definition) is 0. The molecule has 2 unspecified atom stereocenters. The molecule has 2 atom stereocenters. The first-order valence-corrected chi connectivity index (χ1v) is 16.9. The predicted octanol–water partition coefficient (Wildman–Crippen LogP) is 11.0. The Hall–Kier alpha value is -3.60. The predicted molar refractivity (Wildman–Crippen MR) is 192 cm³/mol. The van der Waals surface area contributed by atoms with E-state index in [1.807, 2.05) is 58.0 Å². The first-order chi connectivity index (χ1) is 22.2. The molecule has 4 nitrogen and oxygen atoms in total. The molecular weight excluding hydrogens is 556 g/mol. The zero-order valence-electron chi connectivity index (χ0n) is 29.1. The van der Waals surface area contributed by atoms with Crippen molar-refractivity contribution >= 4 is 0 Å². The molecule has 4 aromatic rings. The van der Waals surface area contributed by atoms with Crippen LogP contribution in [0.3, 0.4) is 0 Å². The van der Waals surface area contributed by atoms with E-state index < -0.39 is 0 Å². The van der Waals surface area contributed by atoms with Gasteiger partial charge in [-0.1, -0.05) is 159 Å². The van der Waals surface area contributed by atoms with Gasteiger partial charge in [-0.3, -0.25) is 0 Å². The molecule has 2 fully saturated rings. The minimum atomic E-state index is 0.230. The van der Waals surface area contributed by atoms with Gasteiger partial charge in [0.1, 0.15) is 36.9 Å². The van der Waals surface area contributed by atoms with Crippen LogP contribution >= 0.6 is 0 Å². The molecule has 0 aliphatic carbocycles. The third-order valence-corrected chi connectivity index (χ3v) is 5.90. The van der Waals surface area contributed by atoms with Gasteiger partial charge < -0.3 is 18.9 Å². The zero-order valence-corrected chi connectivity index (χ0v) is 29.1. The molecule has 2 saturated heterocycles. The second-order valence-corrected chi connectivity index (χ2v) is 10.1. The molecule has 0 aromatic heterocycles. The third kappa shape index (κ3) is 17.5. The maximum Gasteiger partial charge on any atom is 0.119 e. The van der Waals surface area contributed by atoms with Crippen molar-refractivity contribution < 1.29 is 18.9 Å². The summed E-state index contributed by atoms with van der Waals surface area (Å²) in [7, 11) is 0. The molecule has 0 radical (unpaired) electrons. The van der Waals surface area contributed by atoms with Gasteiger partial charge in [0.05, 0.1) is 13.2 Å². The van der Waals surface area contributed by atoms with Gasteiger partial charge in [0.25, 0.3) is 0 Å². The van der Waals surface area contributed by atoms with E-state index in [0.29, 0.717) is 19.3 Å². The lowest BCUT2D eigenvalue weighted by Crippen LogP contribution is -2.05. The Kier molecular flexibility index (Phi) is 22.5. The third-order valence-electron chi connectivity index (χ3n) is 5.90. The summed E-state index contributed by atoms with van der Waals surface area (Å²) in [6, 6.07) is 39.5. The smallest absolute Gasteiger partial charge is 0.119 e. The van der Waals surface area contributed by atoms with E-state index in [1.54, 1.807) is 0 Å². The molecule has 45 heavy (non-hydrogen) atoms. The fourth-order valence-electron chi connectivity index (χ4n) is 3.85. The number of hydrogen-bond acceptors (Lipinski definition) is 4. The molecule has 0 spiro atoms. The lowest BCUT2D eigenvalue weighted by Gasteiger charge is -2.19.